The van der Waals surface area contributed by atoms with Crippen molar-refractivity contribution in [1.29, 1.82) is 0 Å². The number of aromatic nitrogens is 2. The molecule has 22 heavy (non-hydrogen) atoms. The summed E-state index contributed by atoms with van der Waals surface area (Å²) in [6.07, 6.45) is -2.87. The molecule has 4 nitrogen and oxygen atoms in total. The molecule has 0 saturated carbocycles. The number of imidazole rings is 1. The Bertz CT molecular complexity index is 856. The van der Waals surface area contributed by atoms with E-state index in [9.17, 15) is 18.0 Å². The van der Waals surface area contributed by atoms with Crippen LogP contribution in [0, 0.1) is 0 Å². The number of benzene rings is 1. The summed E-state index contributed by atoms with van der Waals surface area (Å²) in [5.74, 6) is -0.629. The van der Waals surface area contributed by atoms with Crippen LogP contribution in [0.1, 0.15) is 16.1 Å². The Kier molecular flexibility index (Phi) is 3.57. The monoisotopic (exact) mass is 345 g/mol. The van der Waals surface area contributed by atoms with Gasteiger partial charge < -0.3 is 5.32 Å². The second-order valence-corrected chi connectivity index (χ2v) is 5.57. The second kappa shape index (κ2) is 5.29. The number of fused-ring (bicyclic) bond motifs is 1. The summed E-state index contributed by atoms with van der Waals surface area (Å²) in [6, 6.07) is 4.37. The van der Waals surface area contributed by atoms with Crippen LogP contribution in [0.5, 0.6) is 0 Å². The summed E-state index contributed by atoms with van der Waals surface area (Å²) >= 11 is 7.20. The molecule has 2 heterocycles. The molecule has 0 unspecified atom stereocenters. The molecule has 3 rings (SSSR count). The first-order chi connectivity index (χ1) is 10.4. The summed E-state index contributed by atoms with van der Waals surface area (Å²) in [4.78, 5) is 16.8. The Morgan fingerprint density at radius 3 is 2.86 bits per heavy atom. The van der Waals surface area contributed by atoms with Gasteiger partial charge in [-0.1, -0.05) is 17.7 Å². The standard InChI is InChI=1S/C13H7ClF3N3OS/c14-10-9(20-4-5-22-12(20)19-10)11(21)18-8-3-1-2-7(6-8)13(15,16)17/h1-6H,(H,18,21). The van der Waals surface area contributed by atoms with Gasteiger partial charge in [0.15, 0.2) is 15.8 Å². The van der Waals surface area contributed by atoms with Gasteiger partial charge in [0.1, 0.15) is 0 Å². The number of hydrogen-bond donors (Lipinski definition) is 1. The third-order valence-electron chi connectivity index (χ3n) is 2.88. The van der Waals surface area contributed by atoms with Crippen molar-refractivity contribution in [1.82, 2.24) is 9.38 Å². The Morgan fingerprint density at radius 1 is 1.36 bits per heavy atom. The Balaban J connectivity index is 1.92. The van der Waals surface area contributed by atoms with Crippen LogP contribution >= 0.6 is 22.9 Å². The number of anilines is 1. The first-order valence-electron chi connectivity index (χ1n) is 5.96. The molecule has 0 atom stereocenters. The van der Waals surface area contributed by atoms with Crippen LogP contribution in [0.3, 0.4) is 0 Å². The average molecular weight is 346 g/mol. The third kappa shape index (κ3) is 2.67. The lowest BCUT2D eigenvalue weighted by Gasteiger charge is -2.09. The van der Waals surface area contributed by atoms with Crippen LogP contribution in [0.25, 0.3) is 4.96 Å². The molecular weight excluding hydrogens is 339 g/mol. The molecule has 0 saturated heterocycles. The van der Waals surface area contributed by atoms with Gasteiger partial charge in [0.05, 0.1) is 5.56 Å². The van der Waals surface area contributed by atoms with Gasteiger partial charge >= 0.3 is 6.18 Å². The molecule has 1 N–H and O–H groups in total. The van der Waals surface area contributed by atoms with E-state index >= 15 is 0 Å². The highest BCUT2D eigenvalue weighted by Crippen LogP contribution is 2.31. The molecule has 0 fully saturated rings. The van der Waals surface area contributed by atoms with Gasteiger partial charge in [0.25, 0.3) is 5.91 Å². The molecule has 0 aliphatic carbocycles. The minimum Gasteiger partial charge on any atom is -0.321 e. The predicted molar refractivity (Wildman–Crippen MR) is 77.5 cm³/mol. The van der Waals surface area contributed by atoms with Crippen LogP contribution < -0.4 is 5.32 Å². The van der Waals surface area contributed by atoms with Gasteiger partial charge in [-0.25, -0.2) is 4.98 Å². The van der Waals surface area contributed by atoms with Crippen molar-refractivity contribution in [2.24, 2.45) is 0 Å². The number of thiazole rings is 1. The summed E-state index contributed by atoms with van der Waals surface area (Å²) in [5.41, 5.74) is -0.734. The number of nitrogens with one attached hydrogen (secondary N) is 1. The maximum atomic E-state index is 12.7. The lowest BCUT2D eigenvalue weighted by Crippen LogP contribution is -2.15. The number of amides is 1. The highest BCUT2D eigenvalue weighted by Gasteiger charge is 2.30. The van der Waals surface area contributed by atoms with Crippen molar-refractivity contribution in [3.05, 3.63) is 52.3 Å². The topological polar surface area (TPSA) is 46.4 Å². The summed E-state index contributed by atoms with van der Waals surface area (Å²) < 4.78 is 39.5. The van der Waals surface area contributed by atoms with E-state index in [0.29, 0.717) is 4.96 Å². The van der Waals surface area contributed by atoms with Crippen molar-refractivity contribution in [3.8, 4) is 0 Å². The zero-order valence-electron chi connectivity index (χ0n) is 10.7. The Morgan fingerprint density at radius 2 is 2.14 bits per heavy atom. The number of carbonyl (C=O) groups is 1. The number of rotatable bonds is 2. The van der Waals surface area contributed by atoms with Gasteiger partial charge in [-0.15, -0.1) is 11.3 Å². The van der Waals surface area contributed by atoms with Gasteiger partial charge in [0.2, 0.25) is 0 Å². The zero-order chi connectivity index (χ0) is 15.9. The fraction of sp³-hybridized carbons (Fsp3) is 0.0769. The van der Waals surface area contributed by atoms with E-state index in [4.69, 9.17) is 11.6 Å². The van der Waals surface area contributed by atoms with E-state index in [-0.39, 0.29) is 16.5 Å². The van der Waals surface area contributed by atoms with Crippen LogP contribution in [0.4, 0.5) is 18.9 Å². The quantitative estimate of drug-likeness (QED) is 0.752. The van der Waals surface area contributed by atoms with Crippen molar-refractivity contribution in [3.63, 3.8) is 0 Å². The van der Waals surface area contributed by atoms with Gasteiger partial charge in [0, 0.05) is 17.3 Å². The van der Waals surface area contributed by atoms with E-state index in [0.717, 1.165) is 12.1 Å². The molecule has 0 bridgehead atoms. The van der Waals surface area contributed by atoms with Gasteiger partial charge in [-0.3, -0.25) is 9.20 Å². The molecule has 3 aromatic rings. The van der Waals surface area contributed by atoms with Crippen molar-refractivity contribution >= 4 is 39.5 Å². The number of carbonyl (C=O) groups excluding carboxylic acids is 1. The van der Waals surface area contributed by atoms with E-state index in [2.05, 4.69) is 10.3 Å². The lowest BCUT2D eigenvalue weighted by atomic mass is 10.2. The first-order valence-corrected chi connectivity index (χ1v) is 7.21. The fourth-order valence-corrected chi connectivity index (χ4v) is 2.95. The molecule has 0 aliphatic rings. The predicted octanol–water partition coefficient (Wildman–Crippen LogP) is 4.32. The molecule has 1 amide bonds. The normalized spacial score (nSPS) is 11.8. The van der Waals surface area contributed by atoms with Crippen LogP contribution in [-0.2, 0) is 6.18 Å². The van der Waals surface area contributed by atoms with Crippen LogP contribution in [0.2, 0.25) is 5.15 Å². The summed E-state index contributed by atoms with van der Waals surface area (Å²) in [7, 11) is 0. The van der Waals surface area contributed by atoms with Crippen molar-refractivity contribution < 1.29 is 18.0 Å². The van der Waals surface area contributed by atoms with E-state index in [1.807, 2.05) is 0 Å². The maximum absolute atomic E-state index is 12.7. The molecular formula is C13H7ClF3N3OS. The lowest BCUT2D eigenvalue weighted by molar-refractivity contribution is -0.137. The SMILES string of the molecule is O=C(Nc1cccc(C(F)(F)F)c1)c1c(Cl)nc2sccn12. The molecule has 1 aromatic carbocycles. The average Bonchev–Trinajstić information content (AvgIpc) is 2.97. The molecule has 9 heteroatoms. The minimum atomic E-state index is -4.48. The maximum Gasteiger partial charge on any atom is 0.416 e. The Labute approximate surface area is 131 Å². The highest BCUT2D eigenvalue weighted by atomic mass is 35.5. The van der Waals surface area contributed by atoms with Crippen molar-refractivity contribution in [2.45, 2.75) is 6.18 Å². The molecule has 0 radical (unpaired) electrons. The molecule has 114 valence electrons. The molecule has 2 aromatic heterocycles. The van der Waals surface area contributed by atoms with Crippen LogP contribution in [-0.4, -0.2) is 15.3 Å². The number of halogens is 4. The largest absolute Gasteiger partial charge is 0.416 e. The van der Waals surface area contributed by atoms with Gasteiger partial charge in [-0.05, 0) is 18.2 Å². The van der Waals surface area contributed by atoms with E-state index in [1.165, 1.54) is 27.9 Å². The fourth-order valence-electron chi connectivity index (χ4n) is 1.93. The zero-order valence-corrected chi connectivity index (χ0v) is 12.3. The minimum absolute atomic E-state index is 0.00340. The van der Waals surface area contributed by atoms with E-state index in [1.54, 1.807) is 11.6 Å². The summed E-state index contributed by atoms with van der Waals surface area (Å²) in [6.45, 7) is 0. The summed E-state index contributed by atoms with van der Waals surface area (Å²) in [5, 5.41) is 4.12. The Hall–Kier alpha value is -2.06. The third-order valence-corrected chi connectivity index (χ3v) is 3.90. The number of nitrogens with zero attached hydrogens (tertiary/aromatic N) is 2. The highest BCUT2D eigenvalue weighted by molar-refractivity contribution is 7.15. The van der Waals surface area contributed by atoms with Crippen molar-refractivity contribution in [2.75, 3.05) is 5.32 Å². The number of hydrogen-bond acceptors (Lipinski definition) is 3. The number of alkyl halides is 3. The first kappa shape index (κ1) is 14.9. The van der Waals surface area contributed by atoms with Crippen LogP contribution in [0.15, 0.2) is 35.8 Å². The van der Waals surface area contributed by atoms with Gasteiger partial charge in [-0.2, -0.15) is 13.2 Å². The second-order valence-electron chi connectivity index (χ2n) is 4.34. The van der Waals surface area contributed by atoms with E-state index < -0.39 is 17.6 Å². The molecule has 0 aliphatic heterocycles. The smallest absolute Gasteiger partial charge is 0.321 e. The molecule has 0 spiro atoms.